The van der Waals surface area contributed by atoms with Crippen LogP contribution in [0.3, 0.4) is 0 Å². The Hall–Kier alpha value is -2.77. The maximum absolute atomic E-state index is 12.0. The van der Waals surface area contributed by atoms with Gasteiger partial charge in [-0.25, -0.2) is 4.79 Å². The van der Waals surface area contributed by atoms with Crippen molar-refractivity contribution in [2.75, 3.05) is 12.4 Å². The van der Waals surface area contributed by atoms with Gasteiger partial charge in [0.1, 0.15) is 17.6 Å². The van der Waals surface area contributed by atoms with Crippen LogP contribution < -0.4 is 15.4 Å². The molecule has 0 aliphatic rings. The van der Waals surface area contributed by atoms with Crippen LogP contribution in [-0.4, -0.2) is 18.2 Å². The van der Waals surface area contributed by atoms with Crippen molar-refractivity contribution in [2.45, 2.75) is 12.6 Å². The molecule has 0 aliphatic heterocycles. The number of rotatable bonds is 6. The molecule has 3 aromatic rings. The zero-order valence-electron chi connectivity index (χ0n) is 13.6. The molecule has 1 atom stereocenters. The van der Waals surface area contributed by atoms with E-state index in [1.54, 1.807) is 43.5 Å². The van der Waals surface area contributed by atoms with Crippen LogP contribution in [0.5, 0.6) is 5.75 Å². The van der Waals surface area contributed by atoms with E-state index in [0.29, 0.717) is 18.0 Å². The second-order valence-corrected chi connectivity index (χ2v) is 6.46. The van der Waals surface area contributed by atoms with Crippen LogP contribution in [0.25, 0.3) is 0 Å². The average Bonchev–Trinajstić information content (AvgIpc) is 3.32. The van der Waals surface area contributed by atoms with E-state index >= 15 is 0 Å². The molecule has 0 radical (unpaired) electrons. The molecule has 0 aliphatic carbocycles. The third-order valence-electron chi connectivity index (χ3n) is 3.54. The summed E-state index contributed by atoms with van der Waals surface area (Å²) in [5, 5.41) is 15.8. The highest BCUT2D eigenvalue weighted by molar-refractivity contribution is 7.12. The molecule has 0 spiro atoms. The molecule has 3 rings (SSSR count). The van der Waals surface area contributed by atoms with Crippen molar-refractivity contribution >= 4 is 23.1 Å². The fourth-order valence-electron chi connectivity index (χ4n) is 2.24. The first-order valence-corrected chi connectivity index (χ1v) is 8.46. The number of aliphatic hydroxyl groups is 1. The van der Waals surface area contributed by atoms with Gasteiger partial charge in [0.25, 0.3) is 0 Å². The Morgan fingerprint density at radius 3 is 2.72 bits per heavy atom. The summed E-state index contributed by atoms with van der Waals surface area (Å²) in [6.45, 7) is 0.373. The topological polar surface area (TPSA) is 83.7 Å². The number of urea groups is 1. The summed E-state index contributed by atoms with van der Waals surface area (Å²) < 4.78 is 10.3. The third-order valence-corrected chi connectivity index (χ3v) is 4.67. The summed E-state index contributed by atoms with van der Waals surface area (Å²) in [6.07, 6.45) is 0.736. The molecule has 0 fully saturated rings. The van der Waals surface area contributed by atoms with E-state index in [1.807, 2.05) is 12.1 Å². The second-order valence-electron chi connectivity index (χ2n) is 5.26. The number of furan rings is 1. The van der Waals surface area contributed by atoms with E-state index in [9.17, 15) is 9.90 Å². The standard InChI is InChI=1S/C18H18N2O4S/c1-23-13-6-4-12(5-7-13)20-18(22)19-11-14-8-9-16(25-14)17(21)15-3-2-10-24-15/h2-10,17,21H,11H2,1H3,(H2,19,20,22). The van der Waals surface area contributed by atoms with Crippen molar-refractivity contribution in [1.82, 2.24) is 5.32 Å². The lowest BCUT2D eigenvalue weighted by atomic mass is 10.2. The first-order valence-electron chi connectivity index (χ1n) is 7.64. The van der Waals surface area contributed by atoms with E-state index in [-0.39, 0.29) is 6.03 Å². The summed E-state index contributed by atoms with van der Waals surface area (Å²) in [6, 6.07) is 13.9. The molecule has 0 bridgehead atoms. The van der Waals surface area contributed by atoms with Gasteiger partial charge < -0.3 is 24.9 Å². The number of ether oxygens (including phenoxy) is 1. The third kappa shape index (κ3) is 4.40. The predicted octanol–water partition coefficient (Wildman–Crippen LogP) is 3.75. The number of nitrogens with one attached hydrogen (secondary N) is 2. The molecule has 2 aromatic heterocycles. The summed E-state index contributed by atoms with van der Waals surface area (Å²) >= 11 is 1.42. The van der Waals surface area contributed by atoms with Gasteiger partial charge in [-0.2, -0.15) is 0 Å². The van der Waals surface area contributed by atoms with Crippen molar-refractivity contribution < 1.29 is 19.1 Å². The largest absolute Gasteiger partial charge is 0.497 e. The van der Waals surface area contributed by atoms with Gasteiger partial charge in [0.15, 0.2) is 0 Å². The highest BCUT2D eigenvalue weighted by Crippen LogP contribution is 2.28. The number of anilines is 1. The molecular weight excluding hydrogens is 340 g/mol. The van der Waals surface area contributed by atoms with Crippen molar-refractivity contribution in [3.05, 3.63) is 70.3 Å². The highest BCUT2D eigenvalue weighted by Gasteiger charge is 2.15. The predicted molar refractivity (Wildman–Crippen MR) is 95.9 cm³/mol. The maximum Gasteiger partial charge on any atom is 0.319 e. The summed E-state index contributed by atoms with van der Waals surface area (Å²) in [5.74, 6) is 1.23. The zero-order chi connectivity index (χ0) is 17.6. The lowest BCUT2D eigenvalue weighted by Gasteiger charge is -2.07. The minimum atomic E-state index is -0.790. The van der Waals surface area contributed by atoms with Gasteiger partial charge in [-0.05, 0) is 48.5 Å². The Morgan fingerprint density at radius 2 is 2.04 bits per heavy atom. The highest BCUT2D eigenvalue weighted by atomic mass is 32.1. The molecule has 2 heterocycles. The fourth-order valence-corrected chi connectivity index (χ4v) is 3.19. The molecule has 25 heavy (non-hydrogen) atoms. The maximum atomic E-state index is 12.0. The molecule has 6 nitrogen and oxygen atoms in total. The van der Waals surface area contributed by atoms with Gasteiger partial charge >= 0.3 is 6.03 Å². The molecule has 3 N–H and O–H groups in total. The number of hydrogen-bond acceptors (Lipinski definition) is 5. The first-order chi connectivity index (χ1) is 12.2. The van der Waals surface area contributed by atoms with E-state index in [0.717, 1.165) is 15.5 Å². The Morgan fingerprint density at radius 1 is 1.24 bits per heavy atom. The Balaban J connectivity index is 1.52. The van der Waals surface area contributed by atoms with Crippen LogP contribution in [0.4, 0.5) is 10.5 Å². The SMILES string of the molecule is COc1ccc(NC(=O)NCc2ccc(C(O)c3ccco3)s2)cc1. The number of thiophene rings is 1. The molecule has 130 valence electrons. The van der Waals surface area contributed by atoms with Crippen LogP contribution in [0.2, 0.25) is 0 Å². The molecule has 7 heteroatoms. The molecule has 1 unspecified atom stereocenters. The smallest absolute Gasteiger partial charge is 0.319 e. The summed E-state index contributed by atoms with van der Waals surface area (Å²) in [5.41, 5.74) is 0.679. The summed E-state index contributed by atoms with van der Waals surface area (Å²) in [7, 11) is 1.59. The van der Waals surface area contributed by atoms with Crippen LogP contribution in [-0.2, 0) is 6.54 Å². The molecule has 0 saturated heterocycles. The van der Waals surface area contributed by atoms with Crippen LogP contribution >= 0.6 is 11.3 Å². The molecule has 0 saturated carbocycles. The minimum absolute atomic E-state index is 0.299. The number of carbonyl (C=O) groups is 1. The quantitative estimate of drug-likeness (QED) is 0.626. The summed E-state index contributed by atoms with van der Waals surface area (Å²) in [4.78, 5) is 13.7. The minimum Gasteiger partial charge on any atom is -0.497 e. The Labute approximate surface area is 149 Å². The van der Waals surface area contributed by atoms with Crippen molar-refractivity contribution in [3.63, 3.8) is 0 Å². The Kier molecular flexibility index (Phi) is 5.37. The van der Waals surface area contributed by atoms with Crippen LogP contribution in [0, 0.1) is 0 Å². The van der Waals surface area contributed by atoms with E-state index in [1.165, 1.54) is 17.6 Å². The van der Waals surface area contributed by atoms with Gasteiger partial charge in [0, 0.05) is 15.4 Å². The number of hydrogen-bond donors (Lipinski definition) is 3. The van der Waals surface area contributed by atoms with Crippen LogP contribution in [0.1, 0.15) is 21.6 Å². The first kappa shape index (κ1) is 17.1. The van der Waals surface area contributed by atoms with E-state index in [2.05, 4.69) is 10.6 Å². The number of methoxy groups -OCH3 is 1. The number of carbonyl (C=O) groups excluding carboxylic acids is 1. The number of aliphatic hydroxyl groups excluding tert-OH is 1. The fraction of sp³-hybridized carbons (Fsp3) is 0.167. The number of benzene rings is 1. The van der Waals surface area contributed by atoms with Gasteiger partial charge in [0.2, 0.25) is 0 Å². The lowest BCUT2D eigenvalue weighted by Crippen LogP contribution is -2.27. The van der Waals surface area contributed by atoms with Gasteiger partial charge in [-0.3, -0.25) is 0 Å². The molecule has 2 amide bonds. The average molecular weight is 358 g/mol. The van der Waals surface area contributed by atoms with Gasteiger partial charge in [-0.1, -0.05) is 0 Å². The monoisotopic (exact) mass is 358 g/mol. The van der Waals surface area contributed by atoms with Crippen molar-refractivity contribution in [2.24, 2.45) is 0 Å². The normalized spacial score (nSPS) is 11.8. The second kappa shape index (κ2) is 7.87. The van der Waals surface area contributed by atoms with Crippen molar-refractivity contribution in [1.29, 1.82) is 0 Å². The lowest BCUT2D eigenvalue weighted by molar-refractivity contribution is 0.193. The van der Waals surface area contributed by atoms with Gasteiger partial charge in [-0.15, -0.1) is 11.3 Å². The van der Waals surface area contributed by atoms with E-state index < -0.39 is 6.10 Å². The Bertz CT molecular complexity index is 812. The van der Waals surface area contributed by atoms with Crippen molar-refractivity contribution in [3.8, 4) is 5.75 Å². The van der Waals surface area contributed by atoms with E-state index in [4.69, 9.17) is 9.15 Å². The molecular formula is C18H18N2O4S. The number of amides is 2. The zero-order valence-corrected chi connectivity index (χ0v) is 14.4. The van der Waals surface area contributed by atoms with Gasteiger partial charge in [0.05, 0.1) is 19.9 Å². The molecule has 1 aromatic carbocycles. The van der Waals surface area contributed by atoms with Crippen LogP contribution in [0.15, 0.2) is 59.2 Å².